The van der Waals surface area contributed by atoms with E-state index >= 15 is 0 Å². The van der Waals surface area contributed by atoms with Gasteiger partial charge in [0.25, 0.3) is 5.91 Å². The van der Waals surface area contributed by atoms with E-state index in [0.717, 1.165) is 5.56 Å². The van der Waals surface area contributed by atoms with Gasteiger partial charge in [0.15, 0.2) is 4.32 Å². The molecule has 1 fully saturated rings. The van der Waals surface area contributed by atoms with E-state index in [4.69, 9.17) is 28.6 Å². The van der Waals surface area contributed by atoms with Gasteiger partial charge >= 0.3 is 0 Å². The topological polar surface area (TPSA) is 29.5 Å². The molecule has 0 atom stereocenters. The molecule has 0 saturated carbocycles. The first-order valence-corrected chi connectivity index (χ1v) is 8.37. The van der Waals surface area contributed by atoms with Crippen LogP contribution in [0.25, 0.3) is 6.08 Å². The fourth-order valence-electron chi connectivity index (χ4n) is 2.24. The maximum atomic E-state index is 12.7. The highest BCUT2D eigenvalue weighted by Crippen LogP contribution is 2.39. The summed E-state index contributed by atoms with van der Waals surface area (Å²) in [4.78, 5) is 14.7. The largest absolute Gasteiger partial charge is 0.496 e. The van der Waals surface area contributed by atoms with Gasteiger partial charge in [0.1, 0.15) is 5.75 Å². The van der Waals surface area contributed by atoms with Crippen molar-refractivity contribution in [2.45, 2.75) is 0 Å². The molecule has 0 N–H and O–H groups in total. The Bertz CT molecular complexity index is 820. The van der Waals surface area contributed by atoms with E-state index in [-0.39, 0.29) is 5.91 Å². The van der Waals surface area contributed by atoms with E-state index in [0.29, 0.717) is 25.7 Å². The van der Waals surface area contributed by atoms with Crippen molar-refractivity contribution in [3.8, 4) is 5.75 Å². The number of halogens is 1. The third-order valence-electron chi connectivity index (χ3n) is 3.31. The number of methoxy groups -OCH3 is 1. The number of thiocarbonyl (C=S) groups is 1. The summed E-state index contributed by atoms with van der Waals surface area (Å²) >= 11 is 12.8. The summed E-state index contributed by atoms with van der Waals surface area (Å²) in [5, 5.41) is 0.488. The zero-order chi connectivity index (χ0) is 16.4. The fraction of sp³-hybridized carbons (Fsp3) is 0.0588. The summed E-state index contributed by atoms with van der Waals surface area (Å²) in [6.45, 7) is 0. The lowest BCUT2D eigenvalue weighted by Gasteiger charge is -2.15. The predicted octanol–water partition coefficient (Wildman–Crippen LogP) is 4.75. The minimum absolute atomic E-state index is 0.181. The van der Waals surface area contributed by atoms with Gasteiger partial charge in [0.05, 0.1) is 22.7 Å². The third kappa shape index (κ3) is 3.13. The number of nitrogens with zero attached hydrogens (tertiary/aromatic N) is 1. The Balaban J connectivity index is 1.99. The van der Waals surface area contributed by atoms with E-state index in [1.807, 2.05) is 36.4 Å². The molecule has 1 aliphatic rings. The summed E-state index contributed by atoms with van der Waals surface area (Å²) in [6.07, 6.45) is 1.79. The van der Waals surface area contributed by atoms with Crippen molar-refractivity contribution in [1.29, 1.82) is 0 Å². The standard InChI is InChI=1S/C17H12ClNO2S2/c1-21-14-9-5-2-6-11(14)10-15-16(20)19(17(22)23-15)13-8-4-3-7-12(13)18/h2-10H,1H3/b15-10-. The van der Waals surface area contributed by atoms with Crippen LogP contribution in [-0.2, 0) is 4.79 Å². The number of anilines is 1. The molecule has 2 aromatic carbocycles. The normalized spacial score (nSPS) is 16.3. The Kier molecular flexibility index (Phi) is 4.71. The van der Waals surface area contributed by atoms with Crippen LogP contribution in [-0.4, -0.2) is 17.3 Å². The van der Waals surface area contributed by atoms with Gasteiger partial charge in [-0.05, 0) is 24.3 Å². The summed E-state index contributed by atoms with van der Waals surface area (Å²) in [5.74, 6) is 0.523. The predicted molar refractivity (Wildman–Crippen MR) is 100 cm³/mol. The van der Waals surface area contributed by atoms with Crippen LogP contribution >= 0.6 is 35.6 Å². The molecule has 0 spiro atoms. The summed E-state index contributed by atoms with van der Waals surface area (Å²) in [5.41, 5.74) is 1.43. The first-order valence-electron chi connectivity index (χ1n) is 6.77. The van der Waals surface area contributed by atoms with Gasteiger partial charge in [-0.25, -0.2) is 0 Å². The van der Waals surface area contributed by atoms with E-state index in [1.165, 1.54) is 16.7 Å². The Morgan fingerprint density at radius 1 is 1.17 bits per heavy atom. The molecular formula is C17H12ClNO2S2. The lowest BCUT2D eigenvalue weighted by Crippen LogP contribution is -2.27. The van der Waals surface area contributed by atoms with E-state index in [2.05, 4.69) is 0 Å². The van der Waals surface area contributed by atoms with Crippen molar-refractivity contribution in [3.05, 3.63) is 64.0 Å². The number of carbonyl (C=O) groups is 1. The van der Waals surface area contributed by atoms with Crippen molar-refractivity contribution >= 4 is 57.6 Å². The molecule has 6 heteroatoms. The first kappa shape index (κ1) is 16.1. The molecule has 3 nitrogen and oxygen atoms in total. The van der Waals surface area contributed by atoms with Crippen LogP contribution in [0.2, 0.25) is 5.02 Å². The molecule has 0 unspecified atom stereocenters. The Morgan fingerprint density at radius 2 is 1.87 bits per heavy atom. The molecule has 23 heavy (non-hydrogen) atoms. The molecule has 0 aromatic heterocycles. The average Bonchev–Trinajstić information content (AvgIpc) is 2.83. The second-order valence-electron chi connectivity index (χ2n) is 4.71. The molecule has 3 rings (SSSR count). The summed E-state index contributed by atoms with van der Waals surface area (Å²) < 4.78 is 5.78. The zero-order valence-corrected chi connectivity index (χ0v) is 14.5. The minimum Gasteiger partial charge on any atom is -0.496 e. The Labute approximate surface area is 148 Å². The van der Waals surface area contributed by atoms with Gasteiger partial charge in [0.2, 0.25) is 0 Å². The maximum absolute atomic E-state index is 12.7. The van der Waals surface area contributed by atoms with Crippen LogP contribution in [0.1, 0.15) is 5.56 Å². The summed E-state index contributed by atoms with van der Waals surface area (Å²) in [7, 11) is 1.60. The van der Waals surface area contributed by atoms with Crippen molar-refractivity contribution < 1.29 is 9.53 Å². The maximum Gasteiger partial charge on any atom is 0.270 e. The molecule has 116 valence electrons. The van der Waals surface area contributed by atoms with Crippen molar-refractivity contribution in [3.63, 3.8) is 0 Å². The highest BCUT2D eigenvalue weighted by molar-refractivity contribution is 8.27. The quantitative estimate of drug-likeness (QED) is 0.582. The molecule has 0 bridgehead atoms. The molecular weight excluding hydrogens is 350 g/mol. The molecule has 2 aromatic rings. The van der Waals surface area contributed by atoms with E-state index in [1.54, 1.807) is 25.3 Å². The van der Waals surface area contributed by atoms with Gasteiger partial charge in [-0.3, -0.25) is 9.69 Å². The smallest absolute Gasteiger partial charge is 0.270 e. The Morgan fingerprint density at radius 3 is 2.61 bits per heavy atom. The lowest BCUT2D eigenvalue weighted by molar-refractivity contribution is -0.113. The van der Waals surface area contributed by atoms with Crippen LogP contribution in [0.4, 0.5) is 5.69 Å². The number of ether oxygens (including phenoxy) is 1. The molecule has 1 heterocycles. The average molecular weight is 362 g/mol. The molecule has 1 aliphatic heterocycles. The van der Waals surface area contributed by atoms with Gasteiger partial charge in [-0.1, -0.05) is 65.9 Å². The van der Waals surface area contributed by atoms with Crippen molar-refractivity contribution in [1.82, 2.24) is 0 Å². The van der Waals surface area contributed by atoms with Crippen LogP contribution in [0.3, 0.4) is 0 Å². The third-order valence-corrected chi connectivity index (χ3v) is 4.93. The highest BCUT2D eigenvalue weighted by Gasteiger charge is 2.34. The molecule has 1 amide bonds. The molecule has 1 saturated heterocycles. The molecule has 0 radical (unpaired) electrons. The van der Waals surface area contributed by atoms with Gasteiger partial charge in [-0.2, -0.15) is 0 Å². The second-order valence-corrected chi connectivity index (χ2v) is 6.79. The van der Waals surface area contributed by atoms with Crippen molar-refractivity contribution in [2.75, 3.05) is 12.0 Å². The van der Waals surface area contributed by atoms with Crippen LogP contribution in [0.15, 0.2) is 53.4 Å². The number of para-hydroxylation sites is 2. The highest BCUT2D eigenvalue weighted by atomic mass is 35.5. The number of hydrogen-bond donors (Lipinski definition) is 0. The SMILES string of the molecule is COc1ccccc1/C=C1\SC(=S)N(c2ccccc2Cl)C1=O. The van der Waals surface area contributed by atoms with Gasteiger partial charge in [0, 0.05) is 5.56 Å². The van der Waals surface area contributed by atoms with Crippen LogP contribution in [0.5, 0.6) is 5.75 Å². The number of rotatable bonds is 3. The first-order chi connectivity index (χ1) is 11.1. The van der Waals surface area contributed by atoms with E-state index < -0.39 is 0 Å². The van der Waals surface area contributed by atoms with Gasteiger partial charge in [-0.15, -0.1) is 0 Å². The number of thioether (sulfide) groups is 1. The minimum atomic E-state index is -0.181. The molecule has 0 aliphatic carbocycles. The van der Waals surface area contributed by atoms with Gasteiger partial charge < -0.3 is 4.74 Å². The van der Waals surface area contributed by atoms with Crippen LogP contribution < -0.4 is 9.64 Å². The summed E-state index contributed by atoms with van der Waals surface area (Å²) in [6, 6.07) is 14.7. The van der Waals surface area contributed by atoms with Crippen molar-refractivity contribution in [2.24, 2.45) is 0 Å². The van der Waals surface area contributed by atoms with Crippen LogP contribution in [0, 0.1) is 0 Å². The lowest BCUT2D eigenvalue weighted by atomic mass is 10.2. The zero-order valence-electron chi connectivity index (χ0n) is 12.2. The number of carbonyl (C=O) groups excluding carboxylic acids is 1. The second kappa shape index (κ2) is 6.74. The van der Waals surface area contributed by atoms with E-state index in [9.17, 15) is 4.79 Å². The fourth-order valence-corrected chi connectivity index (χ4v) is 3.73. The number of amides is 1. The Hall–Kier alpha value is -1.82. The number of hydrogen-bond acceptors (Lipinski definition) is 4. The number of benzene rings is 2. The monoisotopic (exact) mass is 361 g/mol.